The van der Waals surface area contributed by atoms with E-state index in [9.17, 15) is 9.59 Å². The van der Waals surface area contributed by atoms with Crippen LogP contribution in [0.4, 0.5) is 0 Å². The van der Waals surface area contributed by atoms with Crippen molar-refractivity contribution in [1.29, 1.82) is 0 Å². The molecule has 0 aliphatic heterocycles. The van der Waals surface area contributed by atoms with Crippen LogP contribution in [0.5, 0.6) is 11.5 Å². The van der Waals surface area contributed by atoms with Gasteiger partial charge in [-0.3, -0.25) is 4.79 Å². The first-order valence-electron chi connectivity index (χ1n) is 11.0. The van der Waals surface area contributed by atoms with Crippen molar-refractivity contribution in [2.75, 3.05) is 13.7 Å². The van der Waals surface area contributed by atoms with Crippen molar-refractivity contribution >= 4 is 23.5 Å². The van der Waals surface area contributed by atoms with Crippen molar-refractivity contribution in [3.63, 3.8) is 0 Å². The van der Waals surface area contributed by atoms with E-state index in [-0.39, 0.29) is 30.7 Å². The monoisotopic (exact) mass is 481 g/mol. The van der Waals surface area contributed by atoms with Crippen LogP contribution in [0.1, 0.15) is 34.8 Å². The number of carbonyl (C=O) groups excluding carboxylic acids is 2. The second-order valence-electron chi connectivity index (χ2n) is 7.81. The van der Waals surface area contributed by atoms with Gasteiger partial charge in [-0.05, 0) is 49.6 Å². The third-order valence-corrected chi connectivity index (χ3v) is 5.56. The summed E-state index contributed by atoms with van der Waals surface area (Å²) < 4.78 is 16.3. The fourth-order valence-electron chi connectivity index (χ4n) is 3.32. The number of methoxy groups -OCH3 is 1. The fourth-order valence-corrected chi connectivity index (χ4v) is 3.51. The van der Waals surface area contributed by atoms with Gasteiger partial charge in [-0.25, -0.2) is 4.79 Å². The van der Waals surface area contributed by atoms with Crippen LogP contribution in [0, 0.1) is 0 Å². The molecule has 1 atom stereocenters. The number of benzene rings is 3. The number of hydrogen-bond acceptors (Lipinski definition) is 5. The molecule has 0 heterocycles. The zero-order valence-corrected chi connectivity index (χ0v) is 20.0. The van der Waals surface area contributed by atoms with E-state index >= 15 is 0 Å². The van der Waals surface area contributed by atoms with Crippen molar-refractivity contribution in [3.05, 3.63) is 94.5 Å². The van der Waals surface area contributed by atoms with Crippen molar-refractivity contribution < 1.29 is 23.8 Å². The topological polar surface area (TPSA) is 73.9 Å². The van der Waals surface area contributed by atoms with Gasteiger partial charge in [0.2, 0.25) is 0 Å². The molecule has 0 saturated heterocycles. The highest BCUT2D eigenvalue weighted by molar-refractivity contribution is 6.31. The molecule has 34 heavy (non-hydrogen) atoms. The molecule has 0 spiro atoms. The quantitative estimate of drug-likeness (QED) is 0.380. The van der Waals surface area contributed by atoms with E-state index in [4.69, 9.17) is 25.8 Å². The minimum atomic E-state index is -0.622. The van der Waals surface area contributed by atoms with Crippen LogP contribution in [-0.4, -0.2) is 31.6 Å². The Balaban J connectivity index is 1.48. The molecule has 0 aromatic heterocycles. The number of hydrogen-bond donors (Lipinski definition) is 1. The summed E-state index contributed by atoms with van der Waals surface area (Å²) in [6, 6.07) is 22.1. The average molecular weight is 482 g/mol. The van der Waals surface area contributed by atoms with Gasteiger partial charge >= 0.3 is 5.97 Å². The molecule has 7 heteroatoms. The summed E-state index contributed by atoms with van der Waals surface area (Å²) in [6.45, 7) is 1.82. The first kappa shape index (κ1) is 25.1. The molecule has 6 nitrogen and oxygen atoms in total. The first-order chi connectivity index (χ1) is 16.5. The zero-order chi connectivity index (χ0) is 24.3. The second kappa shape index (κ2) is 12.7. The zero-order valence-electron chi connectivity index (χ0n) is 19.3. The Morgan fingerprint density at radius 3 is 2.44 bits per heavy atom. The van der Waals surface area contributed by atoms with E-state index in [2.05, 4.69) is 17.4 Å². The average Bonchev–Trinajstić information content (AvgIpc) is 2.86. The van der Waals surface area contributed by atoms with Crippen LogP contribution in [0.2, 0.25) is 5.02 Å². The minimum Gasteiger partial charge on any atom is -0.493 e. The summed E-state index contributed by atoms with van der Waals surface area (Å²) in [4.78, 5) is 24.6. The molecule has 0 fully saturated rings. The van der Waals surface area contributed by atoms with Gasteiger partial charge in [0.05, 0.1) is 12.7 Å². The number of carbonyl (C=O) groups is 2. The van der Waals surface area contributed by atoms with Crippen molar-refractivity contribution in [2.45, 2.75) is 32.4 Å². The lowest BCUT2D eigenvalue weighted by molar-refractivity contribution is -0.124. The van der Waals surface area contributed by atoms with Gasteiger partial charge in [-0.2, -0.15) is 0 Å². The molecule has 178 valence electrons. The Kier molecular flexibility index (Phi) is 9.35. The van der Waals surface area contributed by atoms with Crippen molar-refractivity contribution in [3.8, 4) is 11.5 Å². The fraction of sp³-hybridized carbons (Fsp3) is 0.259. The lowest BCUT2D eigenvalue weighted by Gasteiger charge is -2.14. The van der Waals surface area contributed by atoms with Crippen LogP contribution < -0.4 is 14.8 Å². The molecular formula is C27H28ClNO5. The molecule has 0 unspecified atom stereocenters. The van der Waals surface area contributed by atoms with Gasteiger partial charge in [0.1, 0.15) is 6.61 Å². The standard InChI is InChI=1S/C27H28ClNO5/c1-19(12-13-20-8-4-3-5-9-20)29-26(30)18-34-27(31)21-14-15-24(25(16-21)32-2)33-17-22-10-6-7-11-23(22)28/h3-11,14-16,19H,12-13,17-18H2,1-2H3,(H,29,30)/t19-/m0/s1. The number of aryl methyl sites for hydroxylation is 1. The summed E-state index contributed by atoms with van der Waals surface area (Å²) in [5.41, 5.74) is 2.30. The number of esters is 1. The lowest BCUT2D eigenvalue weighted by Crippen LogP contribution is -2.36. The first-order valence-corrected chi connectivity index (χ1v) is 11.4. The predicted octanol–water partition coefficient (Wildman–Crippen LogP) is 5.22. The van der Waals surface area contributed by atoms with E-state index in [1.54, 1.807) is 18.2 Å². The summed E-state index contributed by atoms with van der Waals surface area (Å²) in [7, 11) is 1.48. The van der Waals surface area contributed by atoms with Crippen LogP contribution in [0.25, 0.3) is 0 Å². The van der Waals surface area contributed by atoms with Crippen LogP contribution in [0.15, 0.2) is 72.8 Å². The molecule has 0 radical (unpaired) electrons. The maximum absolute atomic E-state index is 12.4. The van der Waals surface area contributed by atoms with Crippen LogP contribution in [0.3, 0.4) is 0 Å². The molecule has 1 N–H and O–H groups in total. The minimum absolute atomic E-state index is 0.0407. The van der Waals surface area contributed by atoms with Gasteiger partial charge in [-0.1, -0.05) is 60.1 Å². The van der Waals surface area contributed by atoms with Crippen LogP contribution in [-0.2, 0) is 22.6 Å². The van der Waals surface area contributed by atoms with Gasteiger partial charge < -0.3 is 19.5 Å². The Labute approximate surface area is 204 Å². The van der Waals surface area contributed by atoms with Gasteiger partial charge in [0, 0.05) is 16.6 Å². The van der Waals surface area contributed by atoms with E-state index in [0.717, 1.165) is 18.4 Å². The Morgan fingerprint density at radius 1 is 0.971 bits per heavy atom. The maximum atomic E-state index is 12.4. The normalized spacial score (nSPS) is 11.4. The summed E-state index contributed by atoms with van der Waals surface area (Å²) in [6.07, 6.45) is 1.64. The summed E-state index contributed by atoms with van der Waals surface area (Å²) in [5.74, 6) is -0.131. The molecule has 3 aromatic rings. The third kappa shape index (κ3) is 7.52. The molecule has 0 aliphatic carbocycles. The van der Waals surface area contributed by atoms with Gasteiger partial charge in [0.25, 0.3) is 5.91 Å². The lowest BCUT2D eigenvalue weighted by atomic mass is 10.1. The van der Waals surface area contributed by atoms with Crippen molar-refractivity contribution in [2.24, 2.45) is 0 Å². The maximum Gasteiger partial charge on any atom is 0.338 e. The summed E-state index contributed by atoms with van der Waals surface area (Å²) in [5, 5.41) is 3.46. The third-order valence-electron chi connectivity index (χ3n) is 5.19. The highest BCUT2D eigenvalue weighted by Crippen LogP contribution is 2.30. The summed E-state index contributed by atoms with van der Waals surface area (Å²) >= 11 is 6.16. The Morgan fingerprint density at radius 2 is 1.71 bits per heavy atom. The SMILES string of the molecule is COc1cc(C(=O)OCC(=O)N[C@@H](C)CCc2ccccc2)ccc1OCc1ccccc1Cl. The highest BCUT2D eigenvalue weighted by Gasteiger charge is 2.15. The molecule has 0 bridgehead atoms. The van der Waals surface area contributed by atoms with Crippen molar-refractivity contribution in [1.82, 2.24) is 5.32 Å². The van der Waals surface area contributed by atoms with Gasteiger partial charge in [-0.15, -0.1) is 0 Å². The molecular weight excluding hydrogens is 454 g/mol. The number of halogens is 1. The van der Waals surface area contributed by atoms with E-state index < -0.39 is 5.97 Å². The number of nitrogens with one attached hydrogen (secondary N) is 1. The van der Waals surface area contributed by atoms with Crippen LogP contribution >= 0.6 is 11.6 Å². The second-order valence-corrected chi connectivity index (χ2v) is 8.22. The highest BCUT2D eigenvalue weighted by atomic mass is 35.5. The molecule has 0 aliphatic rings. The van der Waals surface area contributed by atoms with E-state index in [0.29, 0.717) is 16.5 Å². The molecule has 3 aromatic carbocycles. The van der Waals surface area contributed by atoms with Gasteiger partial charge in [0.15, 0.2) is 18.1 Å². The number of rotatable bonds is 11. The smallest absolute Gasteiger partial charge is 0.338 e. The Hall–Kier alpha value is -3.51. The van der Waals surface area contributed by atoms with E-state index in [1.165, 1.54) is 18.7 Å². The molecule has 3 rings (SSSR count). The molecule has 0 saturated carbocycles. The largest absolute Gasteiger partial charge is 0.493 e. The Bertz CT molecular complexity index is 1100. The van der Waals surface area contributed by atoms with E-state index in [1.807, 2.05) is 43.3 Å². The molecule has 1 amide bonds. The number of amides is 1. The predicted molar refractivity (Wildman–Crippen MR) is 131 cm³/mol. The number of ether oxygens (including phenoxy) is 3.